The third-order valence-corrected chi connectivity index (χ3v) is 2.84. The number of rotatable bonds is 4. The molecule has 0 aliphatic carbocycles. The van der Waals surface area contributed by atoms with E-state index < -0.39 is 24.6 Å². The lowest BCUT2D eigenvalue weighted by atomic mass is 10.0. The van der Waals surface area contributed by atoms with Crippen molar-refractivity contribution in [3.05, 3.63) is 53.8 Å². The Kier molecular flexibility index (Phi) is 4.65. The van der Waals surface area contributed by atoms with Crippen molar-refractivity contribution in [1.29, 1.82) is 0 Å². The predicted molar refractivity (Wildman–Crippen MR) is 73.9 cm³/mol. The SMILES string of the molecule is C[C@@H]([NH-])c1ncc(OCC(F)(F)F)cc1-c1cccc(F)c1. The Bertz CT molecular complexity index is 656. The molecule has 7 heteroatoms. The molecule has 0 unspecified atom stereocenters. The number of nitrogens with one attached hydrogen (secondary N) is 1. The highest BCUT2D eigenvalue weighted by molar-refractivity contribution is 5.68. The number of aromatic nitrogens is 1. The molecule has 2 rings (SSSR count). The molecule has 0 bridgehead atoms. The first kappa shape index (κ1) is 16.2. The monoisotopic (exact) mass is 313 g/mol. The lowest BCUT2D eigenvalue weighted by Crippen LogP contribution is -2.19. The second-order valence-corrected chi connectivity index (χ2v) is 4.74. The Morgan fingerprint density at radius 1 is 1.27 bits per heavy atom. The van der Waals surface area contributed by atoms with E-state index in [-0.39, 0.29) is 5.75 Å². The molecular weight excluding hydrogens is 300 g/mol. The Morgan fingerprint density at radius 3 is 2.59 bits per heavy atom. The first-order valence-electron chi connectivity index (χ1n) is 6.43. The van der Waals surface area contributed by atoms with E-state index in [0.29, 0.717) is 16.8 Å². The van der Waals surface area contributed by atoms with Crippen molar-refractivity contribution in [3.8, 4) is 16.9 Å². The number of hydrogen-bond donors (Lipinski definition) is 0. The van der Waals surface area contributed by atoms with Crippen LogP contribution < -0.4 is 4.74 Å². The van der Waals surface area contributed by atoms with Crippen molar-refractivity contribution in [2.45, 2.75) is 19.1 Å². The van der Waals surface area contributed by atoms with E-state index in [1.807, 2.05) is 0 Å². The van der Waals surface area contributed by atoms with Gasteiger partial charge in [0.25, 0.3) is 0 Å². The molecule has 0 fully saturated rings. The van der Waals surface area contributed by atoms with Gasteiger partial charge in [-0.3, -0.25) is 4.98 Å². The summed E-state index contributed by atoms with van der Waals surface area (Å²) in [5.41, 5.74) is 8.90. The van der Waals surface area contributed by atoms with Gasteiger partial charge in [0, 0.05) is 11.3 Å². The molecule has 1 heterocycles. The van der Waals surface area contributed by atoms with Gasteiger partial charge in [-0.15, -0.1) is 0 Å². The van der Waals surface area contributed by atoms with Gasteiger partial charge in [0.2, 0.25) is 0 Å². The summed E-state index contributed by atoms with van der Waals surface area (Å²) in [5, 5.41) is 0. The summed E-state index contributed by atoms with van der Waals surface area (Å²) in [6, 6.07) is 6.19. The molecule has 3 nitrogen and oxygen atoms in total. The highest BCUT2D eigenvalue weighted by atomic mass is 19.4. The average molecular weight is 313 g/mol. The number of alkyl halides is 3. The van der Waals surface area contributed by atoms with Crippen LogP contribution in [0.5, 0.6) is 5.75 Å². The van der Waals surface area contributed by atoms with Gasteiger partial charge in [0.15, 0.2) is 6.61 Å². The molecule has 1 atom stereocenters. The van der Waals surface area contributed by atoms with Crippen molar-refractivity contribution >= 4 is 0 Å². The molecule has 2 aromatic rings. The molecule has 1 N–H and O–H groups in total. The summed E-state index contributed by atoms with van der Waals surface area (Å²) in [4.78, 5) is 3.98. The van der Waals surface area contributed by atoms with Gasteiger partial charge in [-0.25, -0.2) is 4.39 Å². The molecule has 0 spiro atoms. The van der Waals surface area contributed by atoms with Crippen LogP contribution in [0.25, 0.3) is 16.9 Å². The van der Waals surface area contributed by atoms with Crippen molar-refractivity contribution in [2.24, 2.45) is 0 Å². The molecule has 22 heavy (non-hydrogen) atoms. The minimum atomic E-state index is -4.46. The standard InChI is InChI=1S/C15H13F4N2O/c1-9(20)14-13(10-3-2-4-11(16)5-10)6-12(7-21-14)22-8-15(17,18)19/h2-7,9,20H,8H2,1H3/q-1/t9-/m1/s1. The maximum absolute atomic E-state index is 13.3. The lowest BCUT2D eigenvalue weighted by molar-refractivity contribution is -0.153. The third-order valence-electron chi connectivity index (χ3n) is 2.84. The zero-order valence-electron chi connectivity index (χ0n) is 11.6. The zero-order valence-corrected chi connectivity index (χ0v) is 11.6. The van der Waals surface area contributed by atoms with Crippen molar-refractivity contribution < 1.29 is 22.3 Å². The highest BCUT2D eigenvalue weighted by Gasteiger charge is 2.28. The maximum atomic E-state index is 13.3. The molecule has 0 radical (unpaired) electrons. The van der Waals surface area contributed by atoms with Gasteiger partial charge < -0.3 is 10.5 Å². The average Bonchev–Trinajstić information content (AvgIpc) is 2.44. The van der Waals surface area contributed by atoms with Crippen molar-refractivity contribution in [2.75, 3.05) is 6.61 Å². The highest BCUT2D eigenvalue weighted by Crippen LogP contribution is 2.31. The number of pyridine rings is 1. The second kappa shape index (κ2) is 6.31. The van der Waals surface area contributed by atoms with Crippen LogP contribution in [0.1, 0.15) is 18.7 Å². The van der Waals surface area contributed by atoms with Crippen LogP contribution in [0, 0.1) is 5.82 Å². The number of nitrogens with zero attached hydrogens (tertiary/aromatic N) is 1. The van der Waals surface area contributed by atoms with Crippen molar-refractivity contribution in [3.63, 3.8) is 0 Å². The van der Waals surface area contributed by atoms with Crippen LogP contribution in [-0.4, -0.2) is 17.8 Å². The summed E-state index contributed by atoms with van der Waals surface area (Å²) >= 11 is 0. The summed E-state index contributed by atoms with van der Waals surface area (Å²) in [5.74, 6) is -0.566. The van der Waals surface area contributed by atoms with Crippen LogP contribution in [0.2, 0.25) is 0 Å². The Balaban J connectivity index is 2.40. The first-order chi connectivity index (χ1) is 10.3. The minimum Gasteiger partial charge on any atom is -0.670 e. The zero-order chi connectivity index (χ0) is 16.3. The van der Waals surface area contributed by atoms with Gasteiger partial charge in [-0.05, 0) is 23.8 Å². The summed E-state index contributed by atoms with van der Waals surface area (Å²) in [6.45, 7) is 0.133. The fraction of sp³-hybridized carbons (Fsp3) is 0.267. The van der Waals surface area contributed by atoms with Crippen LogP contribution in [-0.2, 0) is 0 Å². The fourth-order valence-corrected chi connectivity index (χ4v) is 1.93. The topological polar surface area (TPSA) is 45.9 Å². The number of benzene rings is 1. The normalized spacial score (nSPS) is 13.0. The Labute approximate surface area is 124 Å². The molecule has 118 valence electrons. The van der Waals surface area contributed by atoms with E-state index in [2.05, 4.69) is 9.72 Å². The van der Waals surface area contributed by atoms with E-state index in [1.165, 1.54) is 24.3 Å². The van der Waals surface area contributed by atoms with E-state index in [4.69, 9.17) is 5.73 Å². The quantitative estimate of drug-likeness (QED) is 0.750. The second-order valence-electron chi connectivity index (χ2n) is 4.74. The van der Waals surface area contributed by atoms with Crippen LogP contribution in [0.3, 0.4) is 0 Å². The molecule has 0 saturated heterocycles. The number of hydrogen-bond acceptors (Lipinski definition) is 2. The smallest absolute Gasteiger partial charge is 0.422 e. The van der Waals surface area contributed by atoms with E-state index >= 15 is 0 Å². The molecule has 0 aliphatic rings. The molecule has 0 aliphatic heterocycles. The van der Waals surface area contributed by atoms with Crippen LogP contribution in [0.15, 0.2) is 36.5 Å². The maximum Gasteiger partial charge on any atom is 0.422 e. The van der Waals surface area contributed by atoms with E-state index in [0.717, 1.165) is 6.20 Å². The molecule has 1 aromatic heterocycles. The van der Waals surface area contributed by atoms with E-state index in [1.54, 1.807) is 13.0 Å². The van der Waals surface area contributed by atoms with Gasteiger partial charge in [0.1, 0.15) is 11.6 Å². The Morgan fingerprint density at radius 2 is 2.00 bits per heavy atom. The van der Waals surface area contributed by atoms with Crippen molar-refractivity contribution in [1.82, 2.24) is 4.98 Å². The lowest BCUT2D eigenvalue weighted by Gasteiger charge is -2.19. The predicted octanol–water partition coefficient (Wildman–Crippen LogP) is 4.94. The van der Waals surface area contributed by atoms with E-state index in [9.17, 15) is 17.6 Å². The summed E-state index contributed by atoms with van der Waals surface area (Å²) in [7, 11) is 0. The first-order valence-corrected chi connectivity index (χ1v) is 6.43. The van der Waals surface area contributed by atoms with Crippen LogP contribution in [0.4, 0.5) is 17.6 Å². The molecular formula is C15H13F4N2O-. The Hall–Kier alpha value is -2.15. The summed E-state index contributed by atoms with van der Waals surface area (Å²) < 4.78 is 54.6. The number of ether oxygens (including phenoxy) is 1. The summed E-state index contributed by atoms with van der Waals surface area (Å²) in [6.07, 6.45) is -3.32. The van der Waals surface area contributed by atoms with Gasteiger partial charge >= 0.3 is 6.18 Å². The molecule has 0 amide bonds. The fourth-order valence-electron chi connectivity index (χ4n) is 1.93. The largest absolute Gasteiger partial charge is 0.670 e. The third kappa shape index (κ3) is 4.17. The number of halogens is 4. The van der Waals surface area contributed by atoms with Gasteiger partial charge in [0.05, 0.1) is 6.20 Å². The minimum absolute atomic E-state index is 0.0824. The molecule has 0 saturated carbocycles. The molecule has 1 aromatic carbocycles. The van der Waals surface area contributed by atoms with Crippen LogP contribution >= 0.6 is 0 Å². The van der Waals surface area contributed by atoms with Gasteiger partial charge in [-0.1, -0.05) is 25.1 Å². The van der Waals surface area contributed by atoms with Gasteiger partial charge in [-0.2, -0.15) is 13.2 Å².